The minimum absolute atomic E-state index is 0.0837. The number of carbonyl (C=O) groups excluding carboxylic acids is 1. The summed E-state index contributed by atoms with van der Waals surface area (Å²) < 4.78 is 24.7. The van der Waals surface area contributed by atoms with Crippen molar-refractivity contribution < 1.29 is 28.8 Å². The van der Waals surface area contributed by atoms with Crippen molar-refractivity contribution in [3.8, 4) is 0 Å². The average molecular weight is 520 g/mol. The Morgan fingerprint density at radius 2 is 1.11 bits per heavy atom. The zero-order valence-electron chi connectivity index (χ0n) is 21.8. The van der Waals surface area contributed by atoms with Crippen LogP contribution < -0.4 is 5.32 Å². The third-order valence-electron chi connectivity index (χ3n) is 6.61. The molecule has 0 spiro atoms. The molecule has 3 aromatic carbocycles. The number of piperidine rings is 1. The van der Waals surface area contributed by atoms with Gasteiger partial charge in [0.05, 0.1) is 45.5 Å². The SMILES string of the molecule is CCOC(=O)C[C@H]1N[C@H](CO)[C@@H](OCc2ccccc2)[C@H](OCc2ccccc2)[C@H]1OCc1ccccc1. The van der Waals surface area contributed by atoms with Gasteiger partial charge in [-0.2, -0.15) is 0 Å². The van der Waals surface area contributed by atoms with Crippen molar-refractivity contribution in [3.05, 3.63) is 108 Å². The summed E-state index contributed by atoms with van der Waals surface area (Å²) in [5.74, 6) is -0.333. The highest BCUT2D eigenvalue weighted by atomic mass is 16.6. The van der Waals surface area contributed by atoms with Crippen LogP contribution in [0.1, 0.15) is 30.0 Å². The molecule has 5 atom stereocenters. The molecule has 4 rings (SSSR count). The van der Waals surface area contributed by atoms with Crippen LogP contribution in [-0.2, 0) is 43.6 Å². The summed E-state index contributed by atoms with van der Waals surface area (Å²) in [5, 5.41) is 13.8. The standard InChI is InChI=1S/C31H37NO6/c1-2-35-28(34)18-26-29(36-20-23-12-6-3-7-13-23)31(38-22-25-16-10-5-11-17-25)30(27(19-33)32-26)37-21-24-14-8-4-9-15-24/h3-17,26-27,29-33H,2,18-22H2,1H3/t26-,27-,29+,30-,31-/m1/s1. The third-order valence-corrected chi connectivity index (χ3v) is 6.61. The van der Waals surface area contributed by atoms with Gasteiger partial charge in [-0.1, -0.05) is 91.0 Å². The fraction of sp³-hybridized carbons (Fsp3) is 0.387. The van der Waals surface area contributed by atoms with E-state index in [0.717, 1.165) is 16.7 Å². The van der Waals surface area contributed by atoms with Crippen LogP contribution in [0, 0.1) is 0 Å². The molecule has 38 heavy (non-hydrogen) atoms. The van der Waals surface area contributed by atoms with Crippen molar-refractivity contribution in [2.45, 2.75) is 63.6 Å². The molecule has 0 bridgehead atoms. The summed E-state index contributed by atoms with van der Waals surface area (Å²) in [6.07, 6.45) is -1.53. The number of carbonyl (C=O) groups is 1. The van der Waals surface area contributed by atoms with Crippen LogP contribution in [0.25, 0.3) is 0 Å². The van der Waals surface area contributed by atoms with E-state index in [2.05, 4.69) is 5.32 Å². The second-order valence-corrected chi connectivity index (χ2v) is 9.36. The molecule has 1 heterocycles. The minimum atomic E-state index is -0.555. The minimum Gasteiger partial charge on any atom is -0.466 e. The van der Waals surface area contributed by atoms with E-state index in [-0.39, 0.29) is 19.0 Å². The zero-order valence-corrected chi connectivity index (χ0v) is 21.8. The molecular formula is C31H37NO6. The lowest BCUT2D eigenvalue weighted by atomic mass is 9.88. The highest BCUT2D eigenvalue weighted by molar-refractivity contribution is 5.70. The Kier molecular flexibility index (Phi) is 10.9. The molecule has 202 valence electrons. The number of ether oxygens (including phenoxy) is 4. The van der Waals surface area contributed by atoms with Crippen LogP contribution >= 0.6 is 0 Å². The molecule has 1 saturated heterocycles. The number of benzene rings is 3. The third kappa shape index (κ3) is 7.96. The summed E-state index contributed by atoms with van der Waals surface area (Å²) in [7, 11) is 0. The Hall–Kier alpha value is -3.07. The fourth-order valence-corrected chi connectivity index (χ4v) is 4.75. The molecule has 0 radical (unpaired) electrons. The Labute approximate surface area is 224 Å². The number of aliphatic hydroxyl groups is 1. The van der Waals surface area contributed by atoms with Crippen molar-refractivity contribution in [2.75, 3.05) is 13.2 Å². The van der Waals surface area contributed by atoms with Gasteiger partial charge in [-0.05, 0) is 23.6 Å². The maximum atomic E-state index is 12.6. The van der Waals surface area contributed by atoms with E-state index in [9.17, 15) is 9.90 Å². The number of esters is 1. The molecular weight excluding hydrogens is 482 g/mol. The number of aliphatic hydroxyl groups excluding tert-OH is 1. The van der Waals surface area contributed by atoms with Crippen molar-refractivity contribution in [2.24, 2.45) is 0 Å². The predicted octanol–water partition coefficient (Wildman–Crippen LogP) is 4.03. The molecule has 3 aromatic rings. The second kappa shape index (κ2) is 14.8. The van der Waals surface area contributed by atoms with Crippen LogP contribution in [0.2, 0.25) is 0 Å². The molecule has 1 fully saturated rings. The van der Waals surface area contributed by atoms with Crippen LogP contribution in [0.15, 0.2) is 91.0 Å². The van der Waals surface area contributed by atoms with Gasteiger partial charge in [-0.25, -0.2) is 0 Å². The van der Waals surface area contributed by atoms with Crippen molar-refractivity contribution in [1.29, 1.82) is 0 Å². The Morgan fingerprint density at radius 1 is 0.684 bits per heavy atom. The molecule has 2 N–H and O–H groups in total. The molecule has 0 aromatic heterocycles. The first-order chi connectivity index (χ1) is 18.7. The van der Waals surface area contributed by atoms with Gasteiger partial charge in [0, 0.05) is 6.04 Å². The van der Waals surface area contributed by atoms with E-state index in [1.165, 1.54) is 0 Å². The molecule has 1 aliphatic heterocycles. The lowest BCUT2D eigenvalue weighted by Crippen LogP contribution is -2.68. The van der Waals surface area contributed by atoms with Crippen molar-refractivity contribution in [1.82, 2.24) is 5.32 Å². The molecule has 1 aliphatic rings. The molecule has 0 amide bonds. The van der Waals surface area contributed by atoms with Gasteiger partial charge in [0.15, 0.2) is 0 Å². The number of hydrogen-bond acceptors (Lipinski definition) is 7. The van der Waals surface area contributed by atoms with Gasteiger partial charge in [-0.3, -0.25) is 4.79 Å². The predicted molar refractivity (Wildman–Crippen MR) is 144 cm³/mol. The van der Waals surface area contributed by atoms with E-state index >= 15 is 0 Å². The first kappa shape index (κ1) is 28.0. The van der Waals surface area contributed by atoms with Crippen LogP contribution in [0.3, 0.4) is 0 Å². The lowest BCUT2D eigenvalue weighted by Gasteiger charge is -2.46. The number of nitrogens with one attached hydrogen (secondary N) is 1. The van der Waals surface area contributed by atoms with Crippen molar-refractivity contribution in [3.63, 3.8) is 0 Å². The normalized spacial score (nSPS) is 23.2. The fourth-order valence-electron chi connectivity index (χ4n) is 4.75. The van der Waals surface area contributed by atoms with Crippen molar-refractivity contribution >= 4 is 5.97 Å². The second-order valence-electron chi connectivity index (χ2n) is 9.36. The van der Waals surface area contributed by atoms with E-state index in [0.29, 0.717) is 26.4 Å². The first-order valence-corrected chi connectivity index (χ1v) is 13.2. The van der Waals surface area contributed by atoms with Crippen LogP contribution in [0.4, 0.5) is 0 Å². The van der Waals surface area contributed by atoms with Gasteiger partial charge >= 0.3 is 5.97 Å². The highest BCUT2D eigenvalue weighted by Crippen LogP contribution is 2.28. The van der Waals surface area contributed by atoms with Crippen LogP contribution in [-0.4, -0.2) is 54.7 Å². The molecule has 0 aliphatic carbocycles. The summed E-state index contributed by atoms with van der Waals surface area (Å²) in [5.41, 5.74) is 3.04. The monoisotopic (exact) mass is 519 g/mol. The Morgan fingerprint density at radius 3 is 1.53 bits per heavy atom. The quantitative estimate of drug-likeness (QED) is 0.330. The van der Waals surface area contributed by atoms with E-state index in [4.69, 9.17) is 18.9 Å². The molecule has 7 heteroatoms. The highest BCUT2D eigenvalue weighted by Gasteiger charge is 2.47. The zero-order chi connectivity index (χ0) is 26.6. The summed E-state index contributed by atoms with van der Waals surface area (Å²) in [4.78, 5) is 12.6. The Balaban J connectivity index is 1.61. The summed E-state index contributed by atoms with van der Waals surface area (Å²) >= 11 is 0. The van der Waals surface area contributed by atoms with Gasteiger partial charge in [-0.15, -0.1) is 0 Å². The van der Waals surface area contributed by atoms with E-state index in [1.54, 1.807) is 6.92 Å². The largest absolute Gasteiger partial charge is 0.466 e. The average Bonchev–Trinajstić information content (AvgIpc) is 2.96. The molecule has 0 saturated carbocycles. The van der Waals surface area contributed by atoms with E-state index < -0.39 is 30.4 Å². The lowest BCUT2D eigenvalue weighted by molar-refractivity contribution is -0.195. The topological polar surface area (TPSA) is 86.3 Å². The molecule has 7 nitrogen and oxygen atoms in total. The van der Waals surface area contributed by atoms with Crippen LogP contribution in [0.5, 0.6) is 0 Å². The summed E-state index contributed by atoms with van der Waals surface area (Å²) in [6.45, 7) is 2.92. The van der Waals surface area contributed by atoms with Gasteiger partial charge < -0.3 is 29.4 Å². The van der Waals surface area contributed by atoms with E-state index in [1.807, 2.05) is 91.0 Å². The Bertz CT molecular complexity index is 1080. The van der Waals surface area contributed by atoms with Gasteiger partial charge in [0.25, 0.3) is 0 Å². The number of rotatable bonds is 13. The number of hydrogen-bond donors (Lipinski definition) is 2. The maximum Gasteiger partial charge on any atom is 0.307 e. The maximum absolute atomic E-state index is 12.6. The molecule has 0 unspecified atom stereocenters. The summed E-state index contributed by atoms with van der Waals surface area (Å²) in [6, 6.07) is 28.8. The first-order valence-electron chi connectivity index (χ1n) is 13.2. The smallest absolute Gasteiger partial charge is 0.307 e. The van der Waals surface area contributed by atoms with Gasteiger partial charge in [0.2, 0.25) is 0 Å². The van der Waals surface area contributed by atoms with Gasteiger partial charge in [0.1, 0.15) is 18.3 Å².